The van der Waals surface area contributed by atoms with Gasteiger partial charge in [0.25, 0.3) is 0 Å². The Morgan fingerprint density at radius 3 is 2.64 bits per heavy atom. The van der Waals surface area contributed by atoms with Gasteiger partial charge in [0, 0.05) is 19.6 Å². The van der Waals surface area contributed by atoms with E-state index in [9.17, 15) is 14.4 Å². The highest BCUT2D eigenvalue weighted by Crippen LogP contribution is 2.38. The van der Waals surface area contributed by atoms with Crippen molar-refractivity contribution in [1.82, 2.24) is 15.5 Å². The van der Waals surface area contributed by atoms with Crippen LogP contribution in [0.1, 0.15) is 25.3 Å². The molecule has 2 aliphatic heterocycles. The quantitative estimate of drug-likeness (QED) is 0.619. The van der Waals surface area contributed by atoms with E-state index in [0.717, 1.165) is 5.56 Å². The van der Waals surface area contributed by atoms with Gasteiger partial charge in [-0.05, 0) is 18.4 Å². The van der Waals surface area contributed by atoms with Crippen LogP contribution in [0.5, 0.6) is 0 Å². The second-order valence-corrected chi connectivity index (χ2v) is 6.85. The van der Waals surface area contributed by atoms with Crippen LogP contribution >= 0.6 is 0 Å². The van der Waals surface area contributed by atoms with Crippen LogP contribution in [0.25, 0.3) is 0 Å². The van der Waals surface area contributed by atoms with Crippen molar-refractivity contribution in [2.45, 2.75) is 37.9 Å². The van der Waals surface area contributed by atoms with Gasteiger partial charge in [0.2, 0.25) is 17.7 Å². The number of hydrogen-bond acceptors (Lipinski definition) is 4. The van der Waals surface area contributed by atoms with Crippen molar-refractivity contribution in [2.75, 3.05) is 13.1 Å². The monoisotopic (exact) mass is 344 g/mol. The van der Waals surface area contributed by atoms with Crippen molar-refractivity contribution < 1.29 is 14.4 Å². The molecule has 7 heteroatoms. The van der Waals surface area contributed by atoms with Gasteiger partial charge < -0.3 is 16.4 Å². The minimum absolute atomic E-state index is 0.0272. The van der Waals surface area contributed by atoms with Gasteiger partial charge in [-0.1, -0.05) is 37.3 Å². The molecule has 2 fully saturated rings. The molecule has 2 saturated heterocycles. The predicted molar refractivity (Wildman–Crippen MR) is 92.1 cm³/mol. The largest absolute Gasteiger partial charge is 0.368 e. The third kappa shape index (κ3) is 3.24. The van der Waals surface area contributed by atoms with E-state index in [1.54, 1.807) is 6.92 Å². The highest BCUT2D eigenvalue weighted by atomic mass is 16.2. The van der Waals surface area contributed by atoms with Gasteiger partial charge in [-0.25, -0.2) is 0 Å². The molecule has 1 spiro atoms. The summed E-state index contributed by atoms with van der Waals surface area (Å²) >= 11 is 0. The molecule has 3 atom stereocenters. The van der Waals surface area contributed by atoms with Crippen LogP contribution in [0.2, 0.25) is 0 Å². The molecule has 2 aliphatic rings. The molecule has 1 aromatic rings. The number of hydrogen-bond donors (Lipinski definition) is 3. The summed E-state index contributed by atoms with van der Waals surface area (Å²) in [6, 6.07) is 9.23. The summed E-state index contributed by atoms with van der Waals surface area (Å²) in [7, 11) is 0. The predicted octanol–water partition coefficient (Wildman–Crippen LogP) is -0.243. The molecule has 0 saturated carbocycles. The molecule has 0 radical (unpaired) electrons. The van der Waals surface area contributed by atoms with E-state index in [2.05, 4.69) is 15.5 Å². The Bertz CT molecular complexity index is 678. The summed E-state index contributed by atoms with van der Waals surface area (Å²) < 4.78 is 0. The fraction of sp³-hybridized carbons (Fsp3) is 0.500. The molecule has 3 unspecified atom stereocenters. The number of β-lactam (4-membered cyclic amide) rings is 1. The van der Waals surface area contributed by atoms with Crippen LogP contribution in [0, 0.1) is 5.92 Å². The number of amides is 3. The van der Waals surface area contributed by atoms with E-state index in [-0.39, 0.29) is 17.7 Å². The highest BCUT2D eigenvalue weighted by Gasteiger charge is 2.57. The van der Waals surface area contributed by atoms with Gasteiger partial charge in [-0.2, -0.15) is 0 Å². The van der Waals surface area contributed by atoms with Gasteiger partial charge in [0.1, 0.15) is 11.6 Å². The van der Waals surface area contributed by atoms with Gasteiger partial charge >= 0.3 is 0 Å². The lowest BCUT2D eigenvalue weighted by Crippen LogP contribution is -2.70. The Morgan fingerprint density at radius 2 is 2.12 bits per heavy atom. The normalized spacial score (nSPS) is 26.8. The number of rotatable bonds is 6. The first kappa shape index (κ1) is 17.4. The van der Waals surface area contributed by atoms with Gasteiger partial charge in [0.15, 0.2) is 0 Å². The van der Waals surface area contributed by atoms with Gasteiger partial charge in [-0.15, -0.1) is 0 Å². The summed E-state index contributed by atoms with van der Waals surface area (Å²) in [5.41, 5.74) is 5.79. The van der Waals surface area contributed by atoms with Crippen molar-refractivity contribution >= 4 is 17.7 Å². The second kappa shape index (κ2) is 6.84. The zero-order valence-corrected chi connectivity index (χ0v) is 14.3. The number of nitrogens with one attached hydrogen (secondary N) is 2. The molecule has 1 aromatic carbocycles. The van der Waals surface area contributed by atoms with Crippen molar-refractivity contribution in [3.8, 4) is 0 Å². The molecule has 0 bridgehead atoms. The Kier molecular flexibility index (Phi) is 4.76. The first-order chi connectivity index (χ1) is 12.0. The van der Waals surface area contributed by atoms with E-state index >= 15 is 0 Å². The summed E-state index contributed by atoms with van der Waals surface area (Å²) in [5.74, 6) is -1.10. The summed E-state index contributed by atoms with van der Waals surface area (Å²) in [6.45, 7) is 3.46. The molecule has 25 heavy (non-hydrogen) atoms. The molecule has 0 aliphatic carbocycles. The molecule has 134 valence electrons. The Labute approximate surface area is 146 Å². The van der Waals surface area contributed by atoms with Gasteiger partial charge in [0.05, 0.1) is 5.92 Å². The minimum atomic E-state index is -0.665. The lowest BCUT2D eigenvalue weighted by atomic mass is 9.85. The van der Waals surface area contributed by atoms with Crippen molar-refractivity contribution in [3.63, 3.8) is 0 Å². The van der Waals surface area contributed by atoms with Crippen LogP contribution in [-0.2, 0) is 20.9 Å². The van der Waals surface area contributed by atoms with Crippen molar-refractivity contribution in [2.24, 2.45) is 11.7 Å². The molecule has 3 amide bonds. The average Bonchev–Trinajstić information content (AvgIpc) is 3.00. The third-order valence-corrected chi connectivity index (χ3v) is 5.25. The fourth-order valence-corrected chi connectivity index (χ4v) is 3.69. The second-order valence-electron chi connectivity index (χ2n) is 6.85. The molecule has 3 rings (SSSR count). The zero-order valence-electron chi connectivity index (χ0n) is 14.3. The first-order valence-electron chi connectivity index (χ1n) is 8.63. The van der Waals surface area contributed by atoms with Crippen molar-refractivity contribution in [3.05, 3.63) is 35.9 Å². The maximum absolute atomic E-state index is 12.6. The summed E-state index contributed by atoms with van der Waals surface area (Å²) in [4.78, 5) is 38.3. The zero-order chi connectivity index (χ0) is 18.0. The van der Waals surface area contributed by atoms with Crippen LogP contribution in [-0.4, -0.2) is 47.3 Å². The number of nitrogens with zero attached hydrogens (tertiary/aromatic N) is 1. The lowest BCUT2D eigenvalue weighted by molar-refractivity contribution is -0.141. The molecular formula is C18H24N4O3. The Morgan fingerprint density at radius 1 is 1.40 bits per heavy atom. The number of carbonyl (C=O) groups is 3. The SMILES string of the molecule is CCC(NC(=O)C1CN(Cc2ccccc2)C2(CNC2=O)C1)C(N)=O. The van der Waals surface area contributed by atoms with E-state index in [4.69, 9.17) is 5.73 Å². The molecule has 7 nitrogen and oxygen atoms in total. The van der Waals surface area contributed by atoms with Gasteiger partial charge in [-0.3, -0.25) is 19.3 Å². The first-order valence-corrected chi connectivity index (χ1v) is 8.63. The average molecular weight is 344 g/mol. The topological polar surface area (TPSA) is 105 Å². The smallest absolute Gasteiger partial charge is 0.242 e. The van der Waals surface area contributed by atoms with Crippen molar-refractivity contribution in [1.29, 1.82) is 0 Å². The fourth-order valence-electron chi connectivity index (χ4n) is 3.69. The molecule has 2 heterocycles. The highest BCUT2D eigenvalue weighted by molar-refractivity contribution is 5.95. The Hall–Kier alpha value is -2.41. The van der Waals surface area contributed by atoms with Crippen LogP contribution < -0.4 is 16.4 Å². The van der Waals surface area contributed by atoms with E-state index < -0.39 is 17.5 Å². The number of nitrogens with two attached hydrogens (primary N) is 1. The van der Waals surface area contributed by atoms with Crippen LogP contribution in [0.4, 0.5) is 0 Å². The number of carbonyl (C=O) groups excluding carboxylic acids is 3. The minimum Gasteiger partial charge on any atom is -0.368 e. The van der Waals surface area contributed by atoms with E-state index in [1.165, 1.54) is 0 Å². The number of primary amides is 1. The number of likely N-dealkylation sites (tertiary alicyclic amines) is 1. The third-order valence-electron chi connectivity index (χ3n) is 5.25. The summed E-state index contributed by atoms with van der Waals surface area (Å²) in [5, 5.41) is 5.52. The molecule has 4 N–H and O–H groups in total. The number of benzene rings is 1. The van der Waals surface area contributed by atoms with Crippen LogP contribution in [0.3, 0.4) is 0 Å². The molecular weight excluding hydrogens is 320 g/mol. The standard InChI is InChI=1S/C18H24N4O3/c1-2-14(15(19)23)21-16(24)13-8-18(11-20-17(18)25)22(10-13)9-12-6-4-3-5-7-12/h3-7,13-14H,2,8-11H2,1H3,(H2,19,23)(H,20,25)(H,21,24). The van der Waals surface area contributed by atoms with Crippen LogP contribution in [0.15, 0.2) is 30.3 Å². The maximum Gasteiger partial charge on any atom is 0.242 e. The van der Waals surface area contributed by atoms with E-state index in [1.807, 2.05) is 30.3 Å². The molecule has 0 aromatic heterocycles. The summed E-state index contributed by atoms with van der Waals surface area (Å²) in [6.07, 6.45) is 0.917. The lowest BCUT2D eigenvalue weighted by Gasteiger charge is -2.44. The maximum atomic E-state index is 12.6. The van der Waals surface area contributed by atoms with E-state index in [0.29, 0.717) is 32.5 Å². The Balaban J connectivity index is 1.73.